The summed E-state index contributed by atoms with van der Waals surface area (Å²) in [5.41, 5.74) is 7.32. The summed E-state index contributed by atoms with van der Waals surface area (Å²) in [6.45, 7) is 1.95. The van der Waals surface area contributed by atoms with Crippen molar-refractivity contribution >= 4 is 11.9 Å². The van der Waals surface area contributed by atoms with Crippen molar-refractivity contribution in [2.24, 2.45) is 5.73 Å². The third-order valence-corrected chi connectivity index (χ3v) is 7.24. The van der Waals surface area contributed by atoms with Crippen LogP contribution in [-0.2, 0) is 26.3 Å². The van der Waals surface area contributed by atoms with Gasteiger partial charge in [-0.1, -0.05) is 0 Å². The maximum atomic E-state index is 11.0. The van der Waals surface area contributed by atoms with Gasteiger partial charge in [-0.05, 0) is 50.3 Å². The van der Waals surface area contributed by atoms with E-state index in [0.29, 0.717) is 23.6 Å². The number of carboxylic acid groups (broad SMARTS) is 2. The smallest absolute Gasteiger partial charge is 0.320 e. The van der Waals surface area contributed by atoms with Gasteiger partial charge >= 0.3 is 11.9 Å². The zero-order chi connectivity index (χ0) is 24.3. The van der Waals surface area contributed by atoms with Gasteiger partial charge in [0, 0.05) is 37.1 Å². The maximum Gasteiger partial charge on any atom is 0.320 e. The highest BCUT2D eigenvalue weighted by Crippen LogP contribution is 2.59. The summed E-state index contributed by atoms with van der Waals surface area (Å²) in [6, 6.07) is 1.45. The molecule has 3 aliphatic rings. The van der Waals surface area contributed by atoms with Crippen molar-refractivity contribution in [3.05, 3.63) is 17.2 Å². The fourth-order valence-corrected chi connectivity index (χ4v) is 5.62. The SMILES string of the molecule is COc1cc2c(c(O)c1OC)C13CCC(OC)CC1N(CC3)C2.N[C@@H](CCC(=O)O)C(=O)O. The van der Waals surface area contributed by atoms with Crippen LogP contribution in [0.15, 0.2) is 6.07 Å². The van der Waals surface area contributed by atoms with Crippen LogP contribution in [0, 0.1) is 0 Å². The van der Waals surface area contributed by atoms with Gasteiger partial charge in [-0.15, -0.1) is 0 Å². The molecule has 0 radical (unpaired) electrons. The van der Waals surface area contributed by atoms with Crippen LogP contribution in [0.5, 0.6) is 17.2 Å². The van der Waals surface area contributed by atoms with Gasteiger partial charge in [0.2, 0.25) is 5.75 Å². The van der Waals surface area contributed by atoms with Gasteiger partial charge < -0.3 is 35.3 Å². The minimum Gasteiger partial charge on any atom is -0.504 e. The molecule has 10 nitrogen and oxygen atoms in total. The number of carbonyl (C=O) groups is 2. The van der Waals surface area contributed by atoms with Crippen LogP contribution in [0.2, 0.25) is 0 Å². The summed E-state index contributed by atoms with van der Waals surface area (Å²) in [4.78, 5) is 22.4. The van der Waals surface area contributed by atoms with Crippen LogP contribution in [0.1, 0.15) is 49.7 Å². The van der Waals surface area contributed by atoms with E-state index in [9.17, 15) is 14.7 Å². The summed E-state index contributed by atoms with van der Waals surface area (Å²) in [6.07, 6.45) is 4.36. The molecule has 33 heavy (non-hydrogen) atoms. The van der Waals surface area contributed by atoms with Crippen molar-refractivity contribution in [2.45, 2.75) is 68.7 Å². The summed E-state index contributed by atoms with van der Waals surface area (Å²) in [5.74, 6) is -0.833. The van der Waals surface area contributed by atoms with Gasteiger partial charge in [0.15, 0.2) is 11.5 Å². The molecule has 1 saturated carbocycles. The molecule has 5 atom stereocenters. The Morgan fingerprint density at radius 2 is 1.97 bits per heavy atom. The molecule has 2 aliphatic heterocycles. The Balaban J connectivity index is 0.000000262. The third-order valence-electron chi connectivity index (χ3n) is 7.24. The van der Waals surface area contributed by atoms with Crippen molar-refractivity contribution in [1.29, 1.82) is 0 Å². The lowest BCUT2D eigenvalue weighted by atomic mass is 9.62. The lowest BCUT2D eigenvalue weighted by molar-refractivity contribution is -0.139. The lowest BCUT2D eigenvalue weighted by Crippen LogP contribution is -2.51. The maximum absolute atomic E-state index is 11.0. The van der Waals surface area contributed by atoms with E-state index in [-0.39, 0.29) is 24.0 Å². The highest BCUT2D eigenvalue weighted by molar-refractivity contribution is 5.74. The number of hydrogen-bond acceptors (Lipinski definition) is 8. The first-order valence-corrected chi connectivity index (χ1v) is 11.1. The van der Waals surface area contributed by atoms with E-state index in [1.807, 2.05) is 13.2 Å². The average Bonchev–Trinajstić information content (AvgIpc) is 3.06. The minimum atomic E-state index is -1.17. The number of phenols is 1. The largest absolute Gasteiger partial charge is 0.504 e. The van der Waals surface area contributed by atoms with Crippen molar-refractivity contribution in [3.8, 4) is 17.2 Å². The van der Waals surface area contributed by atoms with Gasteiger partial charge in [-0.2, -0.15) is 0 Å². The molecular formula is C23H34N2O8. The Morgan fingerprint density at radius 3 is 2.55 bits per heavy atom. The number of phenolic OH excluding ortho intramolecular Hbond substituents is 1. The molecule has 1 aromatic rings. The predicted octanol–water partition coefficient (Wildman–Crippen LogP) is 1.70. The highest BCUT2D eigenvalue weighted by atomic mass is 16.5. The van der Waals surface area contributed by atoms with E-state index in [1.54, 1.807) is 14.2 Å². The fraction of sp³-hybridized carbons (Fsp3) is 0.652. The van der Waals surface area contributed by atoms with Crippen LogP contribution >= 0.6 is 0 Å². The van der Waals surface area contributed by atoms with Gasteiger partial charge in [0.05, 0.1) is 20.3 Å². The molecule has 5 N–H and O–H groups in total. The monoisotopic (exact) mass is 466 g/mol. The van der Waals surface area contributed by atoms with Crippen LogP contribution < -0.4 is 15.2 Å². The third kappa shape index (κ3) is 4.73. The molecule has 1 aromatic carbocycles. The summed E-state index contributed by atoms with van der Waals surface area (Å²) >= 11 is 0. The summed E-state index contributed by atoms with van der Waals surface area (Å²) < 4.78 is 16.5. The number of rotatable bonds is 7. The van der Waals surface area contributed by atoms with Crippen molar-refractivity contribution in [1.82, 2.24) is 4.90 Å². The lowest BCUT2D eigenvalue weighted by Gasteiger charge is -2.49. The normalized spacial score (nSPS) is 27.9. The summed E-state index contributed by atoms with van der Waals surface area (Å²) in [7, 11) is 5.01. The standard InChI is InChI=1S/C18H25NO4.C5H9NO4/c1-21-12-4-5-18-6-7-19(14(18)9-12)10-11-8-13(22-2)17(23-3)16(20)15(11)18;6-3(5(9)10)1-2-4(7)8/h8,12,14,20H,4-7,9-10H2,1-3H3;3H,1-2,6H2,(H,7,8)(H,9,10)/t;3-/m.0/s1. The second kappa shape index (κ2) is 10.1. The zero-order valence-electron chi connectivity index (χ0n) is 19.4. The molecule has 4 unspecified atom stereocenters. The number of benzene rings is 1. The minimum absolute atomic E-state index is 0.0231. The molecule has 4 rings (SSSR count). The number of nitrogens with two attached hydrogens (primary N) is 1. The number of aromatic hydroxyl groups is 1. The number of nitrogens with zero attached hydrogens (tertiary/aromatic N) is 1. The Bertz CT molecular complexity index is 892. The van der Waals surface area contributed by atoms with E-state index < -0.39 is 18.0 Å². The first-order valence-electron chi connectivity index (χ1n) is 11.1. The second-order valence-electron chi connectivity index (χ2n) is 8.90. The van der Waals surface area contributed by atoms with E-state index >= 15 is 0 Å². The molecule has 1 saturated heterocycles. The second-order valence-corrected chi connectivity index (χ2v) is 8.90. The first-order chi connectivity index (χ1) is 15.7. The quantitative estimate of drug-likeness (QED) is 0.467. The molecular weight excluding hydrogens is 432 g/mol. The highest BCUT2D eigenvalue weighted by Gasteiger charge is 2.56. The van der Waals surface area contributed by atoms with Gasteiger partial charge in [0.25, 0.3) is 0 Å². The Kier molecular flexibility index (Phi) is 7.71. The van der Waals surface area contributed by atoms with Crippen LogP contribution in [0.4, 0.5) is 0 Å². The van der Waals surface area contributed by atoms with E-state index in [0.717, 1.165) is 44.3 Å². The van der Waals surface area contributed by atoms with E-state index in [2.05, 4.69) is 4.90 Å². The van der Waals surface area contributed by atoms with Gasteiger partial charge in [-0.25, -0.2) is 0 Å². The van der Waals surface area contributed by atoms with E-state index in [1.165, 1.54) is 5.56 Å². The molecule has 0 aromatic heterocycles. The molecule has 0 spiro atoms. The number of hydrogen-bond donors (Lipinski definition) is 4. The first kappa shape index (κ1) is 25.1. The van der Waals surface area contributed by atoms with E-state index in [4.69, 9.17) is 30.2 Å². The summed E-state index contributed by atoms with van der Waals surface area (Å²) in [5, 5.41) is 27.2. The number of carboxylic acids is 2. The molecule has 2 fully saturated rings. The molecule has 184 valence electrons. The van der Waals surface area contributed by atoms with Gasteiger partial charge in [0.1, 0.15) is 6.04 Å². The number of ether oxygens (including phenoxy) is 3. The molecule has 2 bridgehead atoms. The topological polar surface area (TPSA) is 152 Å². The molecule has 2 heterocycles. The zero-order valence-corrected chi connectivity index (χ0v) is 19.4. The van der Waals surface area contributed by atoms with Crippen molar-refractivity contribution in [2.75, 3.05) is 27.9 Å². The average molecular weight is 467 g/mol. The van der Waals surface area contributed by atoms with Crippen LogP contribution in [0.3, 0.4) is 0 Å². The number of methoxy groups -OCH3 is 3. The van der Waals surface area contributed by atoms with Crippen LogP contribution in [-0.4, -0.2) is 78.2 Å². The van der Waals surface area contributed by atoms with Crippen LogP contribution in [0.25, 0.3) is 0 Å². The molecule has 1 aliphatic carbocycles. The number of fused-ring (bicyclic) bond motifs is 1. The number of aliphatic carboxylic acids is 2. The van der Waals surface area contributed by atoms with Gasteiger partial charge in [-0.3, -0.25) is 14.5 Å². The van der Waals surface area contributed by atoms with Crippen molar-refractivity contribution in [3.63, 3.8) is 0 Å². The fourth-order valence-electron chi connectivity index (χ4n) is 5.62. The molecule has 0 amide bonds. The Hall–Kier alpha value is -2.56. The Morgan fingerprint density at radius 1 is 1.24 bits per heavy atom. The predicted molar refractivity (Wildman–Crippen MR) is 119 cm³/mol. The molecule has 10 heteroatoms. The van der Waals surface area contributed by atoms with Crippen molar-refractivity contribution < 1.29 is 39.1 Å². The Labute approximate surface area is 193 Å².